The lowest BCUT2D eigenvalue weighted by Gasteiger charge is -2.14. The van der Waals surface area contributed by atoms with Gasteiger partial charge < -0.3 is 21.1 Å². The molecular weight excluding hydrogens is 270 g/mol. The van der Waals surface area contributed by atoms with Crippen molar-refractivity contribution in [1.29, 1.82) is 0 Å². The maximum Gasteiger partial charge on any atom is 0.241 e. The molecule has 0 bridgehead atoms. The molecule has 2 amide bonds. The second kappa shape index (κ2) is 8.26. The average molecular weight is 293 g/mol. The summed E-state index contributed by atoms with van der Waals surface area (Å²) in [5.41, 5.74) is 6.95. The summed E-state index contributed by atoms with van der Waals surface area (Å²) in [4.78, 5) is 23.0. The third kappa shape index (κ3) is 5.43. The van der Waals surface area contributed by atoms with Gasteiger partial charge in [-0.25, -0.2) is 0 Å². The van der Waals surface area contributed by atoms with Crippen molar-refractivity contribution in [3.63, 3.8) is 0 Å². The smallest absolute Gasteiger partial charge is 0.241 e. The Labute approximate surface area is 125 Å². The van der Waals surface area contributed by atoms with Gasteiger partial charge in [0.1, 0.15) is 5.75 Å². The van der Waals surface area contributed by atoms with Crippen molar-refractivity contribution in [2.24, 2.45) is 5.73 Å². The largest absolute Gasteiger partial charge is 0.494 e. The predicted molar refractivity (Wildman–Crippen MR) is 83.4 cm³/mol. The Kier molecular flexibility index (Phi) is 6.68. The van der Waals surface area contributed by atoms with Gasteiger partial charge in [0.15, 0.2) is 0 Å². The fraction of sp³-hybridized carbons (Fsp3) is 0.467. The lowest BCUT2D eigenvalue weighted by atomic mass is 10.1. The summed E-state index contributed by atoms with van der Waals surface area (Å²) < 4.78 is 5.20. The van der Waals surface area contributed by atoms with Crippen LogP contribution in [0.2, 0.25) is 0 Å². The number of carbonyl (C=O) groups excluding carboxylic acids is 2. The molecule has 0 aliphatic heterocycles. The van der Waals surface area contributed by atoms with Crippen LogP contribution in [0.5, 0.6) is 5.75 Å². The van der Waals surface area contributed by atoms with Crippen molar-refractivity contribution in [2.75, 3.05) is 17.7 Å². The van der Waals surface area contributed by atoms with Crippen LogP contribution in [0.4, 0.5) is 11.4 Å². The van der Waals surface area contributed by atoms with E-state index in [2.05, 4.69) is 17.6 Å². The molecule has 0 aliphatic carbocycles. The fourth-order valence-corrected chi connectivity index (χ4v) is 1.85. The van der Waals surface area contributed by atoms with Gasteiger partial charge in [0.2, 0.25) is 11.8 Å². The summed E-state index contributed by atoms with van der Waals surface area (Å²) in [6, 6.07) is 4.49. The van der Waals surface area contributed by atoms with Gasteiger partial charge >= 0.3 is 0 Å². The van der Waals surface area contributed by atoms with Crippen LogP contribution in [0.15, 0.2) is 18.2 Å². The van der Waals surface area contributed by atoms with Crippen LogP contribution >= 0.6 is 0 Å². The third-order valence-electron chi connectivity index (χ3n) is 2.99. The number of unbranched alkanes of at least 4 members (excludes halogenated alkanes) is 1. The van der Waals surface area contributed by atoms with Crippen LogP contribution in [0, 0.1) is 0 Å². The maximum absolute atomic E-state index is 11.9. The molecule has 1 aromatic rings. The van der Waals surface area contributed by atoms with Crippen molar-refractivity contribution < 1.29 is 14.3 Å². The topological polar surface area (TPSA) is 93.5 Å². The minimum atomic E-state index is -0.522. The van der Waals surface area contributed by atoms with Crippen molar-refractivity contribution in [1.82, 2.24) is 0 Å². The highest BCUT2D eigenvalue weighted by Gasteiger charge is 2.14. The van der Waals surface area contributed by atoms with E-state index in [4.69, 9.17) is 10.5 Å². The van der Waals surface area contributed by atoms with Gasteiger partial charge in [0.25, 0.3) is 0 Å². The summed E-state index contributed by atoms with van der Waals surface area (Å²) in [7, 11) is 1.50. The zero-order valence-electron chi connectivity index (χ0n) is 12.7. The zero-order valence-corrected chi connectivity index (χ0v) is 12.7. The number of ether oxygens (including phenoxy) is 1. The quantitative estimate of drug-likeness (QED) is 0.717. The predicted octanol–water partition coefficient (Wildman–Crippen LogP) is 2.11. The molecule has 0 spiro atoms. The molecule has 1 unspecified atom stereocenters. The summed E-state index contributed by atoms with van der Waals surface area (Å²) in [6.45, 7) is 3.47. The Hall–Kier alpha value is -2.08. The molecule has 4 N–H and O–H groups in total. The molecule has 1 atom stereocenters. The summed E-state index contributed by atoms with van der Waals surface area (Å²) in [6.07, 6.45) is 2.57. The molecule has 0 saturated carbocycles. The van der Waals surface area contributed by atoms with Gasteiger partial charge in [0, 0.05) is 18.7 Å². The molecule has 1 rings (SSSR count). The van der Waals surface area contributed by atoms with Gasteiger partial charge in [-0.3, -0.25) is 9.59 Å². The van der Waals surface area contributed by atoms with E-state index in [0.717, 1.165) is 12.8 Å². The highest BCUT2D eigenvalue weighted by Crippen LogP contribution is 2.28. The van der Waals surface area contributed by atoms with Gasteiger partial charge in [-0.15, -0.1) is 0 Å². The number of anilines is 2. The average Bonchev–Trinajstić information content (AvgIpc) is 2.45. The zero-order chi connectivity index (χ0) is 15.8. The molecule has 116 valence electrons. The molecule has 6 nitrogen and oxygen atoms in total. The summed E-state index contributed by atoms with van der Waals surface area (Å²) >= 11 is 0. The first-order chi connectivity index (χ1) is 9.97. The van der Waals surface area contributed by atoms with E-state index in [-0.39, 0.29) is 11.8 Å². The maximum atomic E-state index is 11.9. The molecule has 0 aromatic heterocycles. The first kappa shape index (κ1) is 17.0. The second-order valence-corrected chi connectivity index (χ2v) is 4.83. The lowest BCUT2D eigenvalue weighted by molar-refractivity contribution is -0.117. The molecule has 1 aromatic carbocycles. The Morgan fingerprint density at radius 3 is 2.62 bits per heavy atom. The van der Waals surface area contributed by atoms with Crippen molar-refractivity contribution in [3.8, 4) is 5.75 Å². The van der Waals surface area contributed by atoms with Crippen LogP contribution in [0.3, 0.4) is 0 Å². The monoisotopic (exact) mass is 293 g/mol. The van der Waals surface area contributed by atoms with Gasteiger partial charge in [-0.1, -0.05) is 19.8 Å². The second-order valence-electron chi connectivity index (χ2n) is 4.83. The first-order valence-corrected chi connectivity index (χ1v) is 7.00. The number of hydrogen-bond donors (Lipinski definition) is 3. The number of amides is 2. The molecule has 6 heteroatoms. The van der Waals surface area contributed by atoms with E-state index < -0.39 is 6.04 Å². The van der Waals surface area contributed by atoms with Gasteiger partial charge in [0.05, 0.1) is 18.8 Å². The minimum absolute atomic E-state index is 0.188. The number of carbonyl (C=O) groups is 2. The number of benzene rings is 1. The van der Waals surface area contributed by atoms with Gasteiger partial charge in [-0.2, -0.15) is 0 Å². The number of rotatable bonds is 7. The lowest BCUT2D eigenvalue weighted by Crippen LogP contribution is -2.35. The number of nitrogens with one attached hydrogen (secondary N) is 2. The van der Waals surface area contributed by atoms with Crippen LogP contribution in [-0.4, -0.2) is 25.0 Å². The van der Waals surface area contributed by atoms with Crippen LogP contribution < -0.4 is 21.1 Å². The third-order valence-corrected chi connectivity index (χ3v) is 2.99. The SMILES string of the molecule is CCCCC(N)C(=O)Nc1ccc(NC(C)=O)c(OC)c1. The molecule has 0 fully saturated rings. The minimum Gasteiger partial charge on any atom is -0.494 e. The van der Waals surface area contributed by atoms with E-state index in [1.54, 1.807) is 18.2 Å². The number of methoxy groups -OCH3 is 1. The number of nitrogens with two attached hydrogens (primary N) is 1. The van der Waals surface area contributed by atoms with Gasteiger partial charge in [-0.05, 0) is 18.6 Å². The molecule has 0 aliphatic rings. The van der Waals surface area contributed by atoms with Crippen LogP contribution in [-0.2, 0) is 9.59 Å². The molecule has 0 saturated heterocycles. The number of hydrogen-bond acceptors (Lipinski definition) is 4. The van der Waals surface area contributed by atoms with E-state index in [9.17, 15) is 9.59 Å². The normalized spacial score (nSPS) is 11.6. The molecule has 0 heterocycles. The highest BCUT2D eigenvalue weighted by molar-refractivity contribution is 5.96. The Morgan fingerprint density at radius 1 is 1.33 bits per heavy atom. The first-order valence-electron chi connectivity index (χ1n) is 7.00. The van der Waals surface area contributed by atoms with Crippen LogP contribution in [0.25, 0.3) is 0 Å². The summed E-state index contributed by atoms with van der Waals surface area (Å²) in [5, 5.41) is 5.40. The standard InChI is InChI=1S/C15H23N3O3/c1-4-5-6-12(16)15(20)18-11-7-8-13(17-10(2)19)14(9-11)21-3/h7-9,12H,4-6,16H2,1-3H3,(H,17,19)(H,18,20). The Morgan fingerprint density at radius 2 is 2.05 bits per heavy atom. The van der Waals surface area contributed by atoms with E-state index in [1.807, 2.05) is 0 Å². The Bertz CT molecular complexity index is 503. The van der Waals surface area contributed by atoms with Crippen molar-refractivity contribution in [2.45, 2.75) is 39.2 Å². The van der Waals surface area contributed by atoms with Crippen molar-refractivity contribution >= 4 is 23.2 Å². The molecule has 21 heavy (non-hydrogen) atoms. The molecular formula is C15H23N3O3. The fourth-order valence-electron chi connectivity index (χ4n) is 1.85. The van der Waals surface area contributed by atoms with E-state index in [1.165, 1.54) is 14.0 Å². The Balaban J connectivity index is 2.76. The van der Waals surface area contributed by atoms with E-state index >= 15 is 0 Å². The molecule has 0 radical (unpaired) electrons. The van der Waals surface area contributed by atoms with Crippen molar-refractivity contribution in [3.05, 3.63) is 18.2 Å². The summed E-state index contributed by atoms with van der Waals surface area (Å²) in [5.74, 6) is 0.0644. The van der Waals surface area contributed by atoms with E-state index in [0.29, 0.717) is 23.5 Å². The van der Waals surface area contributed by atoms with Crippen LogP contribution in [0.1, 0.15) is 33.1 Å². The highest BCUT2D eigenvalue weighted by atomic mass is 16.5.